The van der Waals surface area contributed by atoms with Crippen molar-refractivity contribution in [2.45, 2.75) is 50.4 Å². The van der Waals surface area contributed by atoms with Gasteiger partial charge < -0.3 is 14.6 Å². The summed E-state index contributed by atoms with van der Waals surface area (Å²) in [6, 6.07) is 0. The second-order valence-electron chi connectivity index (χ2n) is 5.39. The van der Waals surface area contributed by atoms with E-state index in [9.17, 15) is 5.11 Å². The Morgan fingerprint density at radius 3 is 2.50 bits per heavy atom. The Labute approximate surface area is 111 Å². The minimum absolute atomic E-state index is 0.398. The fourth-order valence-electron chi connectivity index (χ4n) is 2.82. The zero-order valence-corrected chi connectivity index (χ0v) is 11.5. The van der Waals surface area contributed by atoms with E-state index in [1.165, 1.54) is 0 Å². The van der Waals surface area contributed by atoms with Crippen LogP contribution < -0.4 is 0 Å². The van der Waals surface area contributed by atoms with E-state index >= 15 is 0 Å². The lowest BCUT2D eigenvalue weighted by molar-refractivity contribution is -0.202. The third-order valence-electron chi connectivity index (χ3n) is 3.90. The minimum Gasteiger partial charge on any atom is -0.389 e. The lowest BCUT2D eigenvalue weighted by Gasteiger charge is -2.40. The standard InChI is InChI=1S/C13H19NO3S/c1-10-9-18-11(14-10)8-12(15)2-4-13(5-3-12)16-6-7-17-13/h9,15H,2-8H2,1H3. The summed E-state index contributed by atoms with van der Waals surface area (Å²) in [7, 11) is 0. The topological polar surface area (TPSA) is 51.6 Å². The molecule has 5 heteroatoms. The van der Waals surface area contributed by atoms with Gasteiger partial charge in [-0.1, -0.05) is 0 Å². The van der Waals surface area contributed by atoms with Crippen molar-refractivity contribution in [2.75, 3.05) is 13.2 Å². The largest absolute Gasteiger partial charge is 0.389 e. The summed E-state index contributed by atoms with van der Waals surface area (Å²) in [5.41, 5.74) is 0.401. The van der Waals surface area contributed by atoms with Gasteiger partial charge in [0.15, 0.2) is 5.79 Å². The molecule has 1 aromatic rings. The number of hydrogen-bond acceptors (Lipinski definition) is 5. The molecule has 0 bridgehead atoms. The molecule has 100 valence electrons. The Bertz CT molecular complexity index is 416. The van der Waals surface area contributed by atoms with Crippen molar-refractivity contribution in [3.63, 3.8) is 0 Å². The molecule has 0 radical (unpaired) electrons. The van der Waals surface area contributed by atoms with Crippen molar-refractivity contribution in [3.05, 3.63) is 16.1 Å². The lowest BCUT2D eigenvalue weighted by atomic mass is 9.79. The molecule has 0 atom stereocenters. The van der Waals surface area contributed by atoms with Crippen LogP contribution in [-0.2, 0) is 15.9 Å². The third-order valence-corrected chi connectivity index (χ3v) is 4.87. The molecule has 1 aromatic heterocycles. The van der Waals surface area contributed by atoms with Gasteiger partial charge in [-0.15, -0.1) is 11.3 Å². The number of hydrogen-bond donors (Lipinski definition) is 1. The first-order valence-corrected chi connectivity index (χ1v) is 7.39. The first kappa shape index (κ1) is 12.5. The van der Waals surface area contributed by atoms with Crippen LogP contribution in [0.1, 0.15) is 36.4 Å². The Balaban J connectivity index is 1.63. The van der Waals surface area contributed by atoms with Crippen LogP contribution in [0.2, 0.25) is 0 Å². The van der Waals surface area contributed by atoms with E-state index in [2.05, 4.69) is 4.98 Å². The highest BCUT2D eigenvalue weighted by Crippen LogP contribution is 2.41. The Kier molecular flexibility index (Phi) is 3.18. The Morgan fingerprint density at radius 1 is 1.28 bits per heavy atom. The van der Waals surface area contributed by atoms with Crippen LogP contribution in [0.25, 0.3) is 0 Å². The Morgan fingerprint density at radius 2 is 1.94 bits per heavy atom. The number of thiazole rings is 1. The van der Waals surface area contributed by atoms with Gasteiger partial charge in [0, 0.05) is 30.3 Å². The van der Waals surface area contributed by atoms with E-state index in [1.807, 2.05) is 12.3 Å². The van der Waals surface area contributed by atoms with E-state index in [-0.39, 0.29) is 0 Å². The average Bonchev–Trinajstić information content (AvgIpc) is 2.94. The predicted octanol–water partition coefficient (Wildman–Crippen LogP) is 2.04. The van der Waals surface area contributed by atoms with Gasteiger partial charge in [0.1, 0.15) is 0 Å². The molecule has 1 saturated carbocycles. The summed E-state index contributed by atoms with van der Waals surface area (Å²) in [6.07, 6.45) is 3.68. The molecular weight excluding hydrogens is 250 g/mol. The normalized spacial score (nSPS) is 25.7. The van der Waals surface area contributed by atoms with Crippen LogP contribution in [0.3, 0.4) is 0 Å². The van der Waals surface area contributed by atoms with E-state index in [0.29, 0.717) is 19.6 Å². The first-order valence-electron chi connectivity index (χ1n) is 6.51. The average molecular weight is 269 g/mol. The van der Waals surface area contributed by atoms with E-state index < -0.39 is 11.4 Å². The number of ether oxygens (including phenoxy) is 2. The van der Waals surface area contributed by atoms with Crippen LogP contribution in [0, 0.1) is 6.92 Å². The maximum atomic E-state index is 10.6. The maximum absolute atomic E-state index is 10.6. The van der Waals surface area contributed by atoms with E-state index in [1.54, 1.807) is 11.3 Å². The van der Waals surface area contributed by atoms with Gasteiger partial charge in [-0.05, 0) is 19.8 Å². The minimum atomic E-state index is -0.634. The molecule has 1 aliphatic carbocycles. The van der Waals surface area contributed by atoms with Crippen LogP contribution in [-0.4, -0.2) is 34.7 Å². The van der Waals surface area contributed by atoms with Gasteiger partial charge in [0.05, 0.1) is 23.8 Å². The van der Waals surface area contributed by atoms with Gasteiger partial charge in [-0.25, -0.2) is 4.98 Å². The van der Waals surface area contributed by atoms with Gasteiger partial charge in [0.2, 0.25) is 0 Å². The van der Waals surface area contributed by atoms with Crippen LogP contribution in [0.4, 0.5) is 0 Å². The summed E-state index contributed by atoms with van der Waals surface area (Å²) < 4.78 is 11.4. The van der Waals surface area contributed by atoms with Crippen LogP contribution in [0.15, 0.2) is 5.38 Å². The SMILES string of the molecule is Cc1csc(CC2(O)CCC3(CC2)OCCO3)n1. The van der Waals surface area contributed by atoms with Gasteiger partial charge in [-0.3, -0.25) is 0 Å². The van der Waals surface area contributed by atoms with E-state index in [0.717, 1.165) is 36.4 Å². The number of rotatable bonds is 2. The zero-order valence-electron chi connectivity index (χ0n) is 10.6. The molecule has 18 heavy (non-hydrogen) atoms. The van der Waals surface area contributed by atoms with Crippen LogP contribution >= 0.6 is 11.3 Å². The highest BCUT2D eigenvalue weighted by Gasteiger charge is 2.45. The molecule has 1 N–H and O–H groups in total. The fraction of sp³-hybridized carbons (Fsp3) is 0.769. The molecule has 2 heterocycles. The van der Waals surface area contributed by atoms with Crippen molar-refractivity contribution >= 4 is 11.3 Å². The number of nitrogens with zero attached hydrogens (tertiary/aromatic N) is 1. The molecule has 1 spiro atoms. The summed E-state index contributed by atoms with van der Waals surface area (Å²) in [6.45, 7) is 3.36. The number of aryl methyl sites for hydroxylation is 1. The molecule has 2 aliphatic rings. The molecule has 0 amide bonds. The Hall–Kier alpha value is -0.490. The van der Waals surface area contributed by atoms with Gasteiger partial charge in [-0.2, -0.15) is 0 Å². The highest BCUT2D eigenvalue weighted by molar-refractivity contribution is 7.09. The molecular formula is C13H19NO3S. The first-order chi connectivity index (χ1) is 8.59. The van der Waals surface area contributed by atoms with Crippen molar-refractivity contribution in [2.24, 2.45) is 0 Å². The van der Waals surface area contributed by atoms with Crippen molar-refractivity contribution in [3.8, 4) is 0 Å². The molecule has 3 rings (SSSR count). The second kappa shape index (κ2) is 4.56. The number of aliphatic hydroxyl groups is 1. The van der Waals surface area contributed by atoms with Gasteiger partial charge >= 0.3 is 0 Å². The second-order valence-corrected chi connectivity index (χ2v) is 6.33. The molecule has 0 unspecified atom stereocenters. The smallest absolute Gasteiger partial charge is 0.168 e. The predicted molar refractivity (Wildman–Crippen MR) is 68.6 cm³/mol. The lowest BCUT2D eigenvalue weighted by Crippen LogP contribution is -2.44. The summed E-state index contributed by atoms with van der Waals surface area (Å²) in [5, 5.41) is 13.7. The van der Waals surface area contributed by atoms with Gasteiger partial charge in [0.25, 0.3) is 0 Å². The summed E-state index contributed by atoms with van der Waals surface area (Å²) in [4.78, 5) is 4.44. The summed E-state index contributed by atoms with van der Waals surface area (Å²) >= 11 is 1.63. The molecule has 1 saturated heterocycles. The monoisotopic (exact) mass is 269 g/mol. The quantitative estimate of drug-likeness (QED) is 0.892. The maximum Gasteiger partial charge on any atom is 0.168 e. The number of aromatic nitrogens is 1. The molecule has 4 nitrogen and oxygen atoms in total. The summed E-state index contributed by atoms with van der Waals surface area (Å²) in [5.74, 6) is -0.398. The van der Waals surface area contributed by atoms with Crippen molar-refractivity contribution in [1.29, 1.82) is 0 Å². The van der Waals surface area contributed by atoms with Crippen LogP contribution in [0.5, 0.6) is 0 Å². The zero-order chi connectivity index (χ0) is 12.6. The van der Waals surface area contributed by atoms with Crippen molar-refractivity contribution in [1.82, 2.24) is 4.98 Å². The molecule has 1 aliphatic heterocycles. The third kappa shape index (κ3) is 2.45. The fourth-order valence-corrected chi connectivity index (χ4v) is 3.73. The van der Waals surface area contributed by atoms with Crippen molar-refractivity contribution < 1.29 is 14.6 Å². The molecule has 0 aromatic carbocycles. The molecule has 2 fully saturated rings. The highest BCUT2D eigenvalue weighted by atomic mass is 32.1. The van der Waals surface area contributed by atoms with E-state index in [4.69, 9.17) is 9.47 Å².